The number of ketones is 1. The van der Waals surface area contributed by atoms with E-state index in [-0.39, 0.29) is 17.7 Å². The van der Waals surface area contributed by atoms with Gasteiger partial charge < -0.3 is 10.2 Å². The number of nitrogens with one attached hydrogen (secondary N) is 1. The summed E-state index contributed by atoms with van der Waals surface area (Å²) in [6, 6.07) is 5.69. The highest BCUT2D eigenvalue weighted by atomic mass is 16.2. The van der Waals surface area contributed by atoms with E-state index in [1.165, 1.54) is 0 Å². The smallest absolute Gasteiger partial charge is 0.223 e. The zero-order valence-corrected chi connectivity index (χ0v) is 11.1. The number of rotatable bonds is 2. The summed E-state index contributed by atoms with van der Waals surface area (Å²) in [6.07, 6.45) is 2.84. The molecule has 4 nitrogen and oxygen atoms in total. The lowest BCUT2D eigenvalue weighted by Gasteiger charge is -2.15. The highest BCUT2D eigenvalue weighted by Crippen LogP contribution is 2.29. The normalized spacial score (nSPS) is 21.5. The van der Waals surface area contributed by atoms with Crippen LogP contribution in [0, 0.1) is 0 Å². The molecule has 1 fully saturated rings. The minimum atomic E-state index is -0.0247. The van der Waals surface area contributed by atoms with Crippen LogP contribution in [0.4, 0.5) is 5.69 Å². The van der Waals surface area contributed by atoms with Gasteiger partial charge in [0.1, 0.15) is 0 Å². The third kappa shape index (κ3) is 2.16. The second-order valence-corrected chi connectivity index (χ2v) is 5.28. The summed E-state index contributed by atoms with van der Waals surface area (Å²) in [6.45, 7) is 3.24. The zero-order valence-electron chi connectivity index (χ0n) is 11.1. The van der Waals surface area contributed by atoms with E-state index in [4.69, 9.17) is 0 Å². The Hall–Kier alpha value is -1.68. The van der Waals surface area contributed by atoms with E-state index in [1.54, 1.807) is 11.8 Å². The summed E-state index contributed by atoms with van der Waals surface area (Å²) in [4.78, 5) is 25.6. The van der Waals surface area contributed by atoms with E-state index >= 15 is 0 Å². The zero-order chi connectivity index (χ0) is 13.4. The van der Waals surface area contributed by atoms with Gasteiger partial charge in [0.15, 0.2) is 5.78 Å². The first-order valence-corrected chi connectivity index (χ1v) is 6.85. The molecule has 100 valence electrons. The van der Waals surface area contributed by atoms with Crippen molar-refractivity contribution in [1.29, 1.82) is 0 Å². The van der Waals surface area contributed by atoms with Crippen LogP contribution in [0.2, 0.25) is 0 Å². The van der Waals surface area contributed by atoms with Gasteiger partial charge in [-0.3, -0.25) is 9.59 Å². The molecule has 1 N–H and O–H groups in total. The van der Waals surface area contributed by atoms with Gasteiger partial charge in [0, 0.05) is 24.7 Å². The first kappa shape index (κ1) is 12.4. The lowest BCUT2D eigenvalue weighted by molar-refractivity contribution is -0.116. The Bertz CT molecular complexity index is 533. The van der Waals surface area contributed by atoms with Crippen LogP contribution < -0.4 is 10.2 Å². The summed E-state index contributed by atoms with van der Waals surface area (Å²) in [5.74, 6) is 0.247. The minimum Gasteiger partial charge on any atom is -0.312 e. The number of fused-ring (bicyclic) bond motifs is 1. The SMILES string of the molecule is CC(=O)N1CCc2cc(C(=O)C3CCCN3)ccc21. The number of benzene rings is 1. The highest BCUT2D eigenvalue weighted by molar-refractivity contribution is 6.02. The van der Waals surface area contributed by atoms with Crippen molar-refractivity contribution in [2.45, 2.75) is 32.2 Å². The van der Waals surface area contributed by atoms with Crippen LogP contribution in [0.5, 0.6) is 0 Å². The Morgan fingerprint density at radius 2 is 2.21 bits per heavy atom. The summed E-state index contributed by atoms with van der Waals surface area (Å²) < 4.78 is 0. The molecule has 0 saturated carbocycles. The molecular formula is C15H18N2O2. The summed E-state index contributed by atoms with van der Waals surface area (Å²) in [7, 11) is 0. The van der Waals surface area contributed by atoms with Crippen molar-refractivity contribution in [3.8, 4) is 0 Å². The van der Waals surface area contributed by atoms with Gasteiger partial charge in [-0.2, -0.15) is 0 Å². The van der Waals surface area contributed by atoms with Crippen molar-refractivity contribution < 1.29 is 9.59 Å². The molecule has 0 radical (unpaired) electrons. The van der Waals surface area contributed by atoms with Gasteiger partial charge in [0.05, 0.1) is 6.04 Å². The predicted octanol–water partition coefficient (Wildman–Crippen LogP) is 1.53. The Balaban J connectivity index is 1.86. The van der Waals surface area contributed by atoms with Crippen molar-refractivity contribution in [2.75, 3.05) is 18.0 Å². The number of anilines is 1. The summed E-state index contributed by atoms with van der Waals surface area (Å²) >= 11 is 0. The first-order valence-electron chi connectivity index (χ1n) is 6.85. The molecule has 0 spiro atoms. The van der Waals surface area contributed by atoms with Gasteiger partial charge in [-0.15, -0.1) is 0 Å². The fourth-order valence-electron chi connectivity index (χ4n) is 2.99. The molecule has 4 heteroatoms. The molecular weight excluding hydrogens is 240 g/mol. The first-order chi connectivity index (χ1) is 9.16. The van der Waals surface area contributed by atoms with Crippen molar-refractivity contribution in [2.24, 2.45) is 0 Å². The summed E-state index contributed by atoms with van der Waals surface area (Å²) in [5.41, 5.74) is 2.84. The van der Waals surface area contributed by atoms with E-state index in [2.05, 4.69) is 5.32 Å². The second kappa shape index (κ2) is 4.78. The van der Waals surface area contributed by atoms with E-state index in [0.717, 1.165) is 49.2 Å². The van der Waals surface area contributed by atoms with Gasteiger partial charge in [0.2, 0.25) is 5.91 Å². The number of nitrogens with zero attached hydrogens (tertiary/aromatic N) is 1. The Labute approximate surface area is 112 Å². The third-order valence-electron chi connectivity index (χ3n) is 4.02. The molecule has 1 aromatic rings. The van der Waals surface area contributed by atoms with Crippen molar-refractivity contribution in [1.82, 2.24) is 5.32 Å². The van der Waals surface area contributed by atoms with Crippen molar-refractivity contribution >= 4 is 17.4 Å². The van der Waals surface area contributed by atoms with Gasteiger partial charge in [-0.25, -0.2) is 0 Å². The largest absolute Gasteiger partial charge is 0.312 e. The molecule has 1 unspecified atom stereocenters. The molecule has 2 aliphatic rings. The Kier molecular flexibility index (Phi) is 3.11. The topological polar surface area (TPSA) is 49.4 Å². The molecule has 19 heavy (non-hydrogen) atoms. The number of carbonyl (C=O) groups excluding carboxylic acids is 2. The number of amides is 1. The van der Waals surface area contributed by atoms with Crippen molar-refractivity contribution in [3.05, 3.63) is 29.3 Å². The molecule has 1 saturated heterocycles. The van der Waals surface area contributed by atoms with Crippen LogP contribution in [0.3, 0.4) is 0 Å². The highest BCUT2D eigenvalue weighted by Gasteiger charge is 2.26. The lowest BCUT2D eigenvalue weighted by atomic mass is 10.00. The lowest BCUT2D eigenvalue weighted by Crippen LogP contribution is -2.30. The van der Waals surface area contributed by atoms with Gasteiger partial charge >= 0.3 is 0 Å². The number of hydrogen-bond donors (Lipinski definition) is 1. The molecule has 0 aliphatic carbocycles. The molecule has 0 bridgehead atoms. The number of Topliss-reactive ketones (excluding diaryl/α,β-unsaturated/α-hetero) is 1. The van der Waals surface area contributed by atoms with Crippen LogP contribution in [-0.4, -0.2) is 30.8 Å². The maximum absolute atomic E-state index is 12.3. The Morgan fingerprint density at radius 3 is 2.89 bits per heavy atom. The molecule has 0 aromatic heterocycles. The predicted molar refractivity (Wildman–Crippen MR) is 73.5 cm³/mol. The molecule has 2 aliphatic heterocycles. The summed E-state index contributed by atoms with van der Waals surface area (Å²) in [5, 5.41) is 3.24. The fourth-order valence-corrected chi connectivity index (χ4v) is 2.99. The number of hydrogen-bond acceptors (Lipinski definition) is 3. The second-order valence-electron chi connectivity index (χ2n) is 5.28. The Morgan fingerprint density at radius 1 is 1.37 bits per heavy atom. The van der Waals surface area contributed by atoms with Crippen molar-refractivity contribution in [3.63, 3.8) is 0 Å². The van der Waals surface area contributed by atoms with E-state index < -0.39 is 0 Å². The average Bonchev–Trinajstić information content (AvgIpc) is 3.06. The number of carbonyl (C=O) groups is 2. The van der Waals surface area contributed by atoms with E-state index in [9.17, 15) is 9.59 Å². The standard InChI is InChI=1S/C15H18N2O2/c1-10(18)17-8-6-11-9-12(4-5-14(11)17)15(19)13-3-2-7-16-13/h4-5,9,13,16H,2-3,6-8H2,1H3. The molecule has 1 atom stereocenters. The maximum atomic E-state index is 12.3. The molecule has 2 heterocycles. The molecule has 3 rings (SSSR count). The van der Waals surface area contributed by atoms with Crippen LogP contribution in [0.25, 0.3) is 0 Å². The average molecular weight is 258 g/mol. The maximum Gasteiger partial charge on any atom is 0.223 e. The fraction of sp³-hybridized carbons (Fsp3) is 0.467. The van der Waals surface area contributed by atoms with Crippen LogP contribution >= 0.6 is 0 Å². The third-order valence-corrected chi connectivity index (χ3v) is 4.02. The quantitative estimate of drug-likeness (QED) is 0.818. The van der Waals surface area contributed by atoms with Crippen LogP contribution in [0.15, 0.2) is 18.2 Å². The van der Waals surface area contributed by atoms with Gasteiger partial charge in [-0.1, -0.05) is 0 Å². The monoisotopic (exact) mass is 258 g/mol. The van der Waals surface area contributed by atoms with Gasteiger partial charge in [0.25, 0.3) is 0 Å². The molecule has 1 amide bonds. The molecule has 1 aromatic carbocycles. The minimum absolute atomic E-state index is 0.0247. The van der Waals surface area contributed by atoms with E-state index in [1.807, 2.05) is 18.2 Å². The van der Waals surface area contributed by atoms with Crippen LogP contribution in [0.1, 0.15) is 35.7 Å². The van der Waals surface area contributed by atoms with Gasteiger partial charge in [-0.05, 0) is 49.6 Å². The van der Waals surface area contributed by atoms with E-state index in [0.29, 0.717) is 0 Å². The van der Waals surface area contributed by atoms with Crippen LogP contribution in [-0.2, 0) is 11.2 Å².